The molecule has 1 aromatic carbocycles. The molecule has 0 unspecified atom stereocenters. The van der Waals surface area contributed by atoms with Crippen LogP contribution < -0.4 is 0 Å². The van der Waals surface area contributed by atoms with E-state index in [9.17, 15) is 0 Å². The lowest BCUT2D eigenvalue weighted by Gasteiger charge is -2.15. The van der Waals surface area contributed by atoms with Crippen LogP contribution in [-0.2, 0) is 19.5 Å². The molecule has 108 valence electrons. The van der Waals surface area contributed by atoms with Crippen molar-refractivity contribution in [3.63, 3.8) is 0 Å². The highest BCUT2D eigenvalue weighted by atomic mass is 15.3. The van der Waals surface area contributed by atoms with E-state index in [0.717, 1.165) is 36.7 Å². The number of fused-ring (bicyclic) bond motifs is 2. The molecule has 5 nitrogen and oxygen atoms in total. The fourth-order valence-electron chi connectivity index (χ4n) is 3.08. The minimum Gasteiger partial charge on any atom is -0.323 e. The van der Waals surface area contributed by atoms with Crippen LogP contribution >= 0.6 is 0 Å². The average Bonchev–Trinajstić information content (AvgIpc) is 3.06. The average molecular weight is 281 g/mol. The molecule has 0 amide bonds. The van der Waals surface area contributed by atoms with Gasteiger partial charge in [-0.05, 0) is 49.9 Å². The molecular weight excluding hydrogens is 262 g/mol. The van der Waals surface area contributed by atoms with Crippen molar-refractivity contribution in [1.82, 2.24) is 24.3 Å². The summed E-state index contributed by atoms with van der Waals surface area (Å²) in [6, 6.07) is 4.37. The second-order valence-electron chi connectivity index (χ2n) is 5.94. The first-order chi connectivity index (χ1) is 10.2. The van der Waals surface area contributed by atoms with E-state index in [-0.39, 0.29) is 0 Å². The van der Waals surface area contributed by atoms with Crippen LogP contribution in [0.2, 0.25) is 0 Å². The number of imidazole rings is 1. The lowest BCUT2D eigenvalue weighted by Crippen LogP contribution is -2.15. The Morgan fingerprint density at radius 2 is 1.95 bits per heavy atom. The van der Waals surface area contributed by atoms with E-state index in [2.05, 4.69) is 50.3 Å². The Hall–Kier alpha value is -2.17. The fraction of sp³-hybridized carbons (Fsp3) is 0.438. The van der Waals surface area contributed by atoms with Gasteiger partial charge in [-0.15, -0.1) is 10.2 Å². The molecule has 4 rings (SSSR count). The fourth-order valence-corrected chi connectivity index (χ4v) is 3.08. The number of nitrogens with zero attached hydrogens (tertiary/aromatic N) is 5. The van der Waals surface area contributed by atoms with E-state index >= 15 is 0 Å². The standard InChI is InChI=1S/C16H19N5/c1-11-7-13-14(8-12(11)2)20(10-17-13)9-16-19-18-15-5-3-4-6-21(15)16/h7-8,10H,3-6,9H2,1-2H3. The molecule has 0 N–H and O–H groups in total. The summed E-state index contributed by atoms with van der Waals surface area (Å²) in [6.07, 6.45) is 5.41. The van der Waals surface area contributed by atoms with Crippen LogP contribution in [0.5, 0.6) is 0 Å². The molecule has 5 heteroatoms. The van der Waals surface area contributed by atoms with E-state index in [0.29, 0.717) is 0 Å². The molecule has 3 aromatic rings. The van der Waals surface area contributed by atoms with E-state index < -0.39 is 0 Å². The Kier molecular flexibility index (Phi) is 2.80. The molecule has 1 aliphatic rings. The molecule has 0 radical (unpaired) electrons. The Morgan fingerprint density at radius 3 is 2.86 bits per heavy atom. The van der Waals surface area contributed by atoms with Gasteiger partial charge in [-0.3, -0.25) is 0 Å². The molecule has 0 spiro atoms. The Bertz CT molecular complexity index is 812. The maximum atomic E-state index is 4.52. The van der Waals surface area contributed by atoms with Gasteiger partial charge in [-0.1, -0.05) is 0 Å². The van der Waals surface area contributed by atoms with Gasteiger partial charge in [0.05, 0.1) is 23.9 Å². The quantitative estimate of drug-likeness (QED) is 0.725. The SMILES string of the molecule is Cc1cc2ncn(Cc3nnc4n3CCCC4)c2cc1C. The molecule has 0 fully saturated rings. The van der Waals surface area contributed by atoms with Gasteiger partial charge < -0.3 is 9.13 Å². The van der Waals surface area contributed by atoms with E-state index in [1.54, 1.807) is 0 Å². The second-order valence-corrected chi connectivity index (χ2v) is 5.94. The highest BCUT2D eigenvalue weighted by Gasteiger charge is 2.16. The Labute approximate surface area is 123 Å². The van der Waals surface area contributed by atoms with Crippen molar-refractivity contribution in [1.29, 1.82) is 0 Å². The first kappa shape index (κ1) is 12.6. The minimum absolute atomic E-state index is 0.742. The van der Waals surface area contributed by atoms with Crippen molar-refractivity contribution in [3.8, 4) is 0 Å². The Balaban J connectivity index is 1.74. The topological polar surface area (TPSA) is 48.5 Å². The van der Waals surface area contributed by atoms with Crippen molar-refractivity contribution in [2.75, 3.05) is 0 Å². The van der Waals surface area contributed by atoms with E-state index in [4.69, 9.17) is 0 Å². The number of benzene rings is 1. The zero-order valence-corrected chi connectivity index (χ0v) is 12.5. The van der Waals surface area contributed by atoms with Crippen molar-refractivity contribution in [2.24, 2.45) is 0 Å². The second kappa shape index (κ2) is 4.69. The first-order valence-electron chi connectivity index (χ1n) is 7.55. The number of hydrogen-bond donors (Lipinski definition) is 0. The van der Waals surface area contributed by atoms with E-state index in [1.165, 1.54) is 29.5 Å². The molecule has 2 aromatic heterocycles. The lowest BCUT2D eigenvalue weighted by molar-refractivity contribution is 0.502. The van der Waals surface area contributed by atoms with E-state index in [1.807, 2.05) is 6.33 Å². The highest BCUT2D eigenvalue weighted by Crippen LogP contribution is 2.20. The molecule has 0 bridgehead atoms. The lowest BCUT2D eigenvalue weighted by atomic mass is 10.1. The summed E-state index contributed by atoms with van der Waals surface area (Å²) in [6.45, 7) is 6.06. The van der Waals surface area contributed by atoms with Crippen LogP contribution in [0.15, 0.2) is 18.5 Å². The third-order valence-electron chi connectivity index (χ3n) is 4.48. The summed E-state index contributed by atoms with van der Waals surface area (Å²) in [5.74, 6) is 2.18. The van der Waals surface area contributed by atoms with Crippen LogP contribution in [0.25, 0.3) is 11.0 Å². The molecule has 0 aliphatic carbocycles. The summed E-state index contributed by atoms with van der Waals surface area (Å²) in [4.78, 5) is 4.52. The van der Waals surface area contributed by atoms with Crippen LogP contribution in [0.3, 0.4) is 0 Å². The molecular formula is C16H19N5. The highest BCUT2D eigenvalue weighted by molar-refractivity contribution is 5.77. The number of aromatic nitrogens is 5. The summed E-state index contributed by atoms with van der Waals surface area (Å²) < 4.78 is 4.45. The zero-order valence-electron chi connectivity index (χ0n) is 12.5. The maximum Gasteiger partial charge on any atom is 0.153 e. The predicted octanol–water partition coefficient (Wildman–Crippen LogP) is 2.63. The number of rotatable bonds is 2. The molecule has 21 heavy (non-hydrogen) atoms. The predicted molar refractivity (Wildman–Crippen MR) is 81.3 cm³/mol. The van der Waals surface area contributed by atoms with Gasteiger partial charge >= 0.3 is 0 Å². The van der Waals surface area contributed by atoms with Crippen LogP contribution in [0.1, 0.15) is 35.6 Å². The van der Waals surface area contributed by atoms with Gasteiger partial charge in [0.2, 0.25) is 0 Å². The number of hydrogen-bond acceptors (Lipinski definition) is 3. The van der Waals surface area contributed by atoms with Crippen molar-refractivity contribution < 1.29 is 0 Å². The Morgan fingerprint density at radius 1 is 1.10 bits per heavy atom. The smallest absolute Gasteiger partial charge is 0.153 e. The molecule has 0 atom stereocenters. The largest absolute Gasteiger partial charge is 0.323 e. The van der Waals surface area contributed by atoms with Gasteiger partial charge in [0, 0.05) is 13.0 Å². The molecule has 3 heterocycles. The number of aryl methyl sites for hydroxylation is 3. The first-order valence-corrected chi connectivity index (χ1v) is 7.55. The van der Waals surface area contributed by atoms with Crippen LogP contribution in [0, 0.1) is 13.8 Å². The van der Waals surface area contributed by atoms with Gasteiger partial charge in [0.25, 0.3) is 0 Å². The van der Waals surface area contributed by atoms with Gasteiger partial charge in [-0.2, -0.15) is 0 Å². The van der Waals surface area contributed by atoms with Crippen molar-refractivity contribution in [2.45, 2.75) is 46.2 Å². The van der Waals surface area contributed by atoms with Gasteiger partial charge in [0.1, 0.15) is 5.82 Å². The van der Waals surface area contributed by atoms with Crippen LogP contribution in [-0.4, -0.2) is 24.3 Å². The van der Waals surface area contributed by atoms with Gasteiger partial charge in [0.15, 0.2) is 5.82 Å². The molecule has 0 saturated carbocycles. The zero-order chi connectivity index (χ0) is 14.4. The van der Waals surface area contributed by atoms with Gasteiger partial charge in [-0.25, -0.2) is 4.98 Å². The summed E-state index contributed by atoms with van der Waals surface area (Å²) >= 11 is 0. The summed E-state index contributed by atoms with van der Waals surface area (Å²) in [5.41, 5.74) is 4.81. The summed E-state index contributed by atoms with van der Waals surface area (Å²) in [7, 11) is 0. The monoisotopic (exact) mass is 281 g/mol. The summed E-state index contributed by atoms with van der Waals surface area (Å²) in [5, 5.41) is 8.71. The molecule has 0 saturated heterocycles. The van der Waals surface area contributed by atoms with Crippen molar-refractivity contribution in [3.05, 3.63) is 41.2 Å². The maximum absolute atomic E-state index is 4.52. The van der Waals surface area contributed by atoms with Crippen molar-refractivity contribution >= 4 is 11.0 Å². The normalized spacial score (nSPS) is 14.6. The van der Waals surface area contributed by atoms with Crippen LogP contribution in [0.4, 0.5) is 0 Å². The third kappa shape index (κ3) is 2.04. The molecule has 1 aliphatic heterocycles. The third-order valence-corrected chi connectivity index (χ3v) is 4.48. The minimum atomic E-state index is 0.742.